The summed E-state index contributed by atoms with van der Waals surface area (Å²) in [4.78, 5) is 11.5. The molecule has 0 aliphatic heterocycles. The molecule has 3 rings (SSSR count). The minimum Gasteiger partial charge on any atom is -0.463 e. The number of esters is 1. The van der Waals surface area contributed by atoms with Crippen LogP contribution in [0.3, 0.4) is 0 Å². The Hall–Kier alpha value is -2.61. The number of hydrogen-bond acceptors (Lipinski definition) is 2. The summed E-state index contributed by atoms with van der Waals surface area (Å²) in [7, 11) is 0. The lowest BCUT2D eigenvalue weighted by Gasteiger charge is -2.42. The van der Waals surface area contributed by atoms with E-state index in [9.17, 15) is 4.79 Å². The summed E-state index contributed by atoms with van der Waals surface area (Å²) >= 11 is 0. The summed E-state index contributed by atoms with van der Waals surface area (Å²) < 4.78 is 4.92. The molecule has 0 fully saturated rings. The SMILES string of the molecule is CCOC(=O)C=Cc1ccc(C=C(C)c2ccc3c(c2)C(C)(C)CCC3(C)C)cc1. The molecule has 0 aromatic heterocycles. The minimum atomic E-state index is -0.309. The zero-order valence-electron chi connectivity index (χ0n) is 19.2. The first-order valence-electron chi connectivity index (χ1n) is 10.9. The third-order valence-corrected chi connectivity index (χ3v) is 6.33. The number of allylic oxidation sites excluding steroid dienone is 1. The van der Waals surface area contributed by atoms with Gasteiger partial charge in [0.15, 0.2) is 0 Å². The third kappa shape index (κ3) is 4.92. The monoisotopic (exact) mass is 402 g/mol. The molecule has 0 bridgehead atoms. The number of fused-ring (bicyclic) bond motifs is 1. The highest BCUT2D eigenvalue weighted by molar-refractivity contribution is 5.87. The van der Waals surface area contributed by atoms with Crippen LogP contribution in [0.15, 0.2) is 48.5 Å². The predicted molar refractivity (Wildman–Crippen MR) is 127 cm³/mol. The van der Waals surface area contributed by atoms with Crippen LogP contribution in [0.5, 0.6) is 0 Å². The molecule has 0 saturated carbocycles. The van der Waals surface area contributed by atoms with Crippen LogP contribution >= 0.6 is 0 Å². The predicted octanol–water partition coefficient (Wildman–Crippen LogP) is 7.17. The Kier molecular flexibility index (Phi) is 6.36. The van der Waals surface area contributed by atoms with Gasteiger partial charge in [0, 0.05) is 6.08 Å². The molecule has 0 amide bonds. The molecule has 158 valence electrons. The van der Waals surface area contributed by atoms with E-state index in [1.807, 2.05) is 12.1 Å². The van der Waals surface area contributed by atoms with Gasteiger partial charge < -0.3 is 4.74 Å². The second kappa shape index (κ2) is 8.63. The van der Waals surface area contributed by atoms with Crippen molar-refractivity contribution in [2.45, 2.75) is 65.2 Å². The van der Waals surface area contributed by atoms with Crippen LogP contribution in [0.4, 0.5) is 0 Å². The summed E-state index contributed by atoms with van der Waals surface area (Å²) in [6, 6.07) is 15.2. The molecule has 0 N–H and O–H groups in total. The maximum absolute atomic E-state index is 11.5. The van der Waals surface area contributed by atoms with Gasteiger partial charge in [-0.2, -0.15) is 0 Å². The van der Waals surface area contributed by atoms with Gasteiger partial charge in [-0.25, -0.2) is 4.79 Å². The van der Waals surface area contributed by atoms with Crippen molar-refractivity contribution in [1.82, 2.24) is 0 Å². The van der Waals surface area contributed by atoms with Gasteiger partial charge in [0.1, 0.15) is 0 Å². The first-order chi connectivity index (χ1) is 14.1. The number of hydrogen-bond donors (Lipinski definition) is 0. The minimum absolute atomic E-state index is 0.216. The van der Waals surface area contributed by atoms with Gasteiger partial charge in [-0.15, -0.1) is 0 Å². The van der Waals surface area contributed by atoms with Gasteiger partial charge in [-0.3, -0.25) is 0 Å². The largest absolute Gasteiger partial charge is 0.463 e. The molecule has 2 aromatic carbocycles. The fourth-order valence-electron chi connectivity index (χ4n) is 4.23. The molecule has 0 spiro atoms. The molecule has 1 aliphatic carbocycles. The van der Waals surface area contributed by atoms with Gasteiger partial charge in [0.05, 0.1) is 6.61 Å². The summed E-state index contributed by atoms with van der Waals surface area (Å²) in [6.07, 6.45) is 7.93. The van der Waals surface area contributed by atoms with E-state index in [1.165, 1.54) is 41.2 Å². The quantitative estimate of drug-likeness (QED) is 0.301. The van der Waals surface area contributed by atoms with Crippen LogP contribution in [0.1, 0.15) is 82.2 Å². The van der Waals surface area contributed by atoms with E-state index >= 15 is 0 Å². The number of carbonyl (C=O) groups excluding carboxylic acids is 1. The number of ether oxygens (including phenoxy) is 1. The van der Waals surface area contributed by atoms with E-state index in [4.69, 9.17) is 4.74 Å². The smallest absolute Gasteiger partial charge is 0.330 e. The Bertz CT molecular complexity index is 972. The summed E-state index contributed by atoms with van der Waals surface area (Å²) in [5.41, 5.74) is 8.12. The molecule has 30 heavy (non-hydrogen) atoms. The lowest BCUT2D eigenvalue weighted by Crippen LogP contribution is -2.33. The third-order valence-electron chi connectivity index (χ3n) is 6.33. The molecular formula is C28H34O2. The fraction of sp³-hybridized carbons (Fsp3) is 0.393. The van der Waals surface area contributed by atoms with Crippen LogP contribution in [-0.2, 0) is 20.4 Å². The second-order valence-electron chi connectivity index (χ2n) is 9.61. The first kappa shape index (κ1) is 22.1. The fourth-order valence-corrected chi connectivity index (χ4v) is 4.23. The maximum atomic E-state index is 11.5. The van der Waals surface area contributed by atoms with E-state index in [1.54, 1.807) is 13.0 Å². The average molecular weight is 403 g/mol. The van der Waals surface area contributed by atoms with E-state index in [-0.39, 0.29) is 16.8 Å². The lowest BCUT2D eigenvalue weighted by molar-refractivity contribution is -0.137. The Morgan fingerprint density at radius 2 is 1.53 bits per heavy atom. The summed E-state index contributed by atoms with van der Waals surface area (Å²) in [5, 5.41) is 0. The van der Waals surface area contributed by atoms with Crippen molar-refractivity contribution < 1.29 is 9.53 Å². The molecule has 0 unspecified atom stereocenters. The van der Waals surface area contributed by atoms with Gasteiger partial charge in [-0.05, 0) is 77.0 Å². The highest BCUT2D eigenvalue weighted by atomic mass is 16.5. The van der Waals surface area contributed by atoms with Crippen LogP contribution < -0.4 is 0 Å². The second-order valence-corrected chi connectivity index (χ2v) is 9.61. The molecule has 0 atom stereocenters. The van der Waals surface area contributed by atoms with Crippen molar-refractivity contribution in [2.75, 3.05) is 6.61 Å². The lowest BCUT2D eigenvalue weighted by atomic mass is 9.63. The Morgan fingerprint density at radius 1 is 0.933 bits per heavy atom. The molecule has 2 nitrogen and oxygen atoms in total. The highest BCUT2D eigenvalue weighted by Crippen LogP contribution is 2.46. The molecule has 2 heteroatoms. The summed E-state index contributed by atoms with van der Waals surface area (Å²) in [5.74, 6) is -0.309. The van der Waals surface area contributed by atoms with Crippen LogP contribution in [0.2, 0.25) is 0 Å². The molecular weight excluding hydrogens is 368 g/mol. The molecule has 2 aromatic rings. The van der Waals surface area contributed by atoms with Gasteiger partial charge in [0.2, 0.25) is 0 Å². The van der Waals surface area contributed by atoms with E-state index in [0.717, 1.165) is 11.1 Å². The molecule has 0 heterocycles. The normalized spacial score (nSPS) is 17.6. The molecule has 1 aliphatic rings. The van der Waals surface area contributed by atoms with Crippen LogP contribution in [0, 0.1) is 0 Å². The maximum Gasteiger partial charge on any atom is 0.330 e. The zero-order valence-corrected chi connectivity index (χ0v) is 19.2. The Balaban J connectivity index is 1.83. The van der Waals surface area contributed by atoms with E-state index in [0.29, 0.717) is 6.61 Å². The van der Waals surface area contributed by atoms with Gasteiger partial charge in [-0.1, -0.05) is 76.2 Å². The highest BCUT2D eigenvalue weighted by Gasteiger charge is 2.36. The number of carbonyl (C=O) groups is 1. The summed E-state index contributed by atoms with van der Waals surface area (Å²) in [6.45, 7) is 13.8. The van der Waals surface area contributed by atoms with Crippen molar-refractivity contribution in [3.8, 4) is 0 Å². The van der Waals surface area contributed by atoms with E-state index in [2.05, 4.69) is 71.0 Å². The van der Waals surface area contributed by atoms with E-state index < -0.39 is 0 Å². The van der Waals surface area contributed by atoms with Crippen LogP contribution in [0.25, 0.3) is 17.7 Å². The van der Waals surface area contributed by atoms with Crippen molar-refractivity contribution in [3.63, 3.8) is 0 Å². The van der Waals surface area contributed by atoms with Crippen molar-refractivity contribution in [3.05, 3.63) is 76.4 Å². The topological polar surface area (TPSA) is 26.3 Å². The average Bonchev–Trinajstić information content (AvgIpc) is 2.71. The number of benzene rings is 2. The van der Waals surface area contributed by atoms with Crippen LogP contribution in [-0.4, -0.2) is 12.6 Å². The molecule has 0 saturated heterocycles. The van der Waals surface area contributed by atoms with Gasteiger partial charge >= 0.3 is 5.97 Å². The standard InChI is InChI=1S/C28H34O2/c1-7-30-26(29)15-12-21-8-10-22(11-9-21)18-20(2)23-13-14-24-25(19-23)28(5,6)17-16-27(24,3)4/h8-15,18-19H,7,16-17H2,1-6H3. The molecule has 0 radical (unpaired) electrons. The Labute approximate surface area is 181 Å². The first-order valence-corrected chi connectivity index (χ1v) is 10.9. The number of rotatable bonds is 5. The van der Waals surface area contributed by atoms with Crippen molar-refractivity contribution >= 4 is 23.7 Å². The van der Waals surface area contributed by atoms with Crippen molar-refractivity contribution in [2.24, 2.45) is 0 Å². The van der Waals surface area contributed by atoms with Gasteiger partial charge in [0.25, 0.3) is 0 Å². The van der Waals surface area contributed by atoms with Crippen molar-refractivity contribution in [1.29, 1.82) is 0 Å². The Morgan fingerprint density at radius 3 is 2.17 bits per heavy atom. The zero-order chi connectivity index (χ0) is 21.9.